The summed E-state index contributed by atoms with van der Waals surface area (Å²) in [6.07, 6.45) is 8.42. The lowest BCUT2D eigenvalue weighted by Gasteiger charge is -2.36. The van der Waals surface area contributed by atoms with Crippen molar-refractivity contribution in [3.63, 3.8) is 0 Å². The molecule has 2 aliphatic heterocycles. The minimum absolute atomic E-state index is 0.0838. The van der Waals surface area contributed by atoms with E-state index in [1.165, 1.54) is 25.7 Å². The van der Waals surface area contributed by atoms with Gasteiger partial charge in [0.05, 0.1) is 24.4 Å². The molecule has 2 saturated carbocycles. The number of hydrogen-bond acceptors (Lipinski definition) is 3. The Morgan fingerprint density at radius 1 is 1.16 bits per heavy atom. The summed E-state index contributed by atoms with van der Waals surface area (Å²) in [5.74, 6) is 0. The van der Waals surface area contributed by atoms with Gasteiger partial charge in [-0.25, -0.2) is 0 Å². The van der Waals surface area contributed by atoms with Crippen molar-refractivity contribution in [3.8, 4) is 0 Å². The van der Waals surface area contributed by atoms with Gasteiger partial charge < -0.3 is 14.2 Å². The van der Waals surface area contributed by atoms with Crippen LogP contribution >= 0.6 is 0 Å². The molecular formula is C16H26O3. The smallest absolute Gasteiger partial charge is 0.118 e. The highest BCUT2D eigenvalue weighted by molar-refractivity contribution is 5.12. The molecule has 0 aromatic rings. The molecule has 0 aromatic heterocycles. The van der Waals surface area contributed by atoms with Crippen LogP contribution in [0.3, 0.4) is 0 Å². The number of ether oxygens (including phenoxy) is 3. The highest BCUT2D eigenvalue weighted by atomic mass is 16.7. The largest absolute Gasteiger partial charge is 0.372 e. The summed E-state index contributed by atoms with van der Waals surface area (Å²) in [6, 6.07) is 0. The van der Waals surface area contributed by atoms with Crippen molar-refractivity contribution in [2.24, 2.45) is 5.41 Å². The van der Waals surface area contributed by atoms with E-state index in [-0.39, 0.29) is 17.3 Å². The lowest BCUT2D eigenvalue weighted by atomic mass is 9.71. The predicted octanol–water partition coefficient (Wildman–Crippen LogP) is 3.06. The van der Waals surface area contributed by atoms with E-state index in [9.17, 15) is 0 Å². The van der Waals surface area contributed by atoms with Crippen LogP contribution in [0.15, 0.2) is 0 Å². The maximum absolute atomic E-state index is 6.27. The molecule has 5 unspecified atom stereocenters. The molecule has 3 nitrogen and oxygen atoms in total. The van der Waals surface area contributed by atoms with E-state index in [2.05, 4.69) is 20.8 Å². The van der Waals surface area contributed by atoms with Crippen molar-refractivity contribution in [1.29, 1.82) is 0 Å². The molecule has 2 saturated heterocycles. The summed E-state index contributed by atoms with van der Waals surface area (Å²) >= 11 is 0. The zero-order chi connectivity index (χ0) is 13.3. The van der Waals surface area contributed by atoms with Gasteiger partial charge in [0.2, 0.25) is 0 Å². The normalized spacial score (nSPS) is 54.2. The van der Waals surface area contributed by atoms with E-state index < -0.39 is 0 Å². The molecule has 0 bridgehead atoms. The third-order valence-electron chi connectivity index (χ3n) is 5.63. The molecule has 4 rings (SSSR count). The van der Waals surface area contributed by atoms with Crippen LogP contribution in [0.25, 0.3) is 0 Å². The van der Waals surface area contributed by atoms with E-state index in [0.29, 0.717) is 17.6 Å². The Balaban J connectivity index is 1.38. The van der Waals surface area contributed by atoms with E-state index in [4.69, 9.17) is 14.2 Å². The Labute approximate surface area is 116 Å². The van der Waals surface area contributed by atoms with Crippen LogP contribution in [0.5, 0.6) is 0 Å². The summed E-state index contributed by atoms with van der Waals surface area (Å²) in [4.78, 5) is 0. The first-order valence-electron chi connectivity index (χ1n) is 7.90. The molecule has 2 aliphatic carbocycles. The van der Waals surface area contributed by atoms with Gasteiger partial charge in [-0.1, -0.05) is 26.7 Å². The summed E-state index contributed by atoms with van der Waals surface area (Å²) in [7, 11) is 0. The fourth-order valence-corrected chi connectivity index (χ4v) is 4.68. The minimum Gasteiger partial charge on any atom is -0.372 e. The second-order valence-electron chi connectivity index (χ2n) is 8.16. The Hall–Kier alpha value is -0.120. The second kappa shape index (κ2) is 3.75. The summed E-state index contributed by atoms with van der Waals surface area (Å²) in [5, 5.41) is 0. The summed E-state index contributed by atoms with van der Waals surface area (Å²) < 4.78 is 18.1. The first kappa shape index (κ1) is 12.6. The number of hydrogen-bond donors (Lipinski definition) is 0. The zero-order valence-electron chi connectivity index (χ0n) is 12.4. The zero-order valence-corrected chi connectivity index (χ0v) is 12.4. The lowest BCUT2D eigenvalue weighted by Crippen LogP contribution is -2.41. The van der Waals surface area contributed by atoms with Crippen LogP contribution in [-0.4, -0.2) is 36.1 Å². The second-order valence-corrected chi connectivity index (χ2v) is 8.16. The number of rotatable bonds is 3. The topological polar surface area (TPSA) is 34.3 Å². The number of fused-ring (bicyclic) bond motifs is 2. The maximum Gasteiger partial charge on any atom is 0.118 e. The standard InChI is InChI=1S/C16H26O3/c1-14(2)8-11(13-15(3,9-14)19-13)17-10-16-7-5-4-6-12(16)18-16/h11-13H,4-10H2,1-3H3. The average Bonchev–Trinajstić information content (AvgIpc) is 3.18. The van der Waals surface area contributed by atoms with E-state index in [1.807, 2.05) is 0 Å². The van der Waals surface area contributed by atoms with Crippen LogP contribution in [0, 0.1) is 5.41 Å². The van der Waals surface area contributed by atoms with Crippen LogP contribution in [0.4, 0.5) is 0 Å². The Morgan fingerprint density at radius 3 is 2.79 bits per heavy atom. The Bertz CT molecular complexity index is 391. The first-order chi connectivity index (χ1) is 8.93. The average molecular weight is 266 g/mol. The van der Waals surface area contributed by atoms with Gasteiger partial charge in [-0.3, -0.25) is 0 Å². The molecule has 3 heteroatoms. The number of epoxide rings is 2. The van der Waals surface area contributed by atoms with Gasteiger partial charge in [0.15, 0.2) is 0 Å². The molecule has 4 aliphatic rings. The Morgan fingerprint density at radius 2 is 2.00 bits per heavy atom. The SMILES string of the molecule is CC1(C)CC(OCC23CCCCC2O3)C2OC2(C)C1. The van der Waals surface area contributed by atoms with Crippen molar-refractivity contribution in [2.45, 2.75) is 88.8 Å². The van der Waals surface area contributed by atoms with Crippen molar-refractivity contribution in [1.82, 2.24) is 0 Å². The lowest BCUT2D eigenvalue weighted by molar-refractivity contribution is -0.0293. The van der Waals surface area contributed by atoms with Crippen molar-refractivity contribution < 1.29 is 14.2 Å². The molecule has 0 aromatic carbocycles. The highest BCUT2D eigenvalue weighted by Gasteiger charge is 2.64. The van der Waals surface area contributed by atoms with E-state index >= 15 is 0 Å². The monoisotopic (exact) mass is 266 g/mol. The molecule has 0 spiro atoms. The van der Waals surface area contributed by atoms with Crippen LogP contribution in [0.1, 0.15) is 59.3 Å². The molecule has 19 heavy (non-hydrogen) atoms. The third kappa shape index (κ3) is 2.05. The van der Waals surface area contributed by atoms with Crippen molar-refractivity contribution >= 4 is 0 Å². The predicted molar refractivity (Wildman–Crippen MR) is 72.1 cm³/mol. The summed E-state index contributed by atoms with van der Waals surface area (Å²) in [5.41, 5.74) is 0.506. The molecule has 0 amide bonds. The van der Waals surface area contributed by atoms with Gasteiger partial charge in [0.1, 0.15) is 11.7 Å². The van der Waals surface area contributed by atoms with Crippen LogP contribution < -0.4 is 0 Å². The van der Waals surface area contributed by atoms with Crippen molar-refractivity contribution in [2.75, 3.05) is 6.61 Å². The van der Waals surface area contributed by atoms with Crippen LogP contribution in [-0.2, 0) is 14.2 Å². The molecule has 0 radical (unpaired) electrons. The molecule has 2 heterocycles. The van der Waals surface area contributed by atoms with Gasteiger partial charge in [0.25, 0.3) is 0 Å². The van der Waals surface area contributed by atoms with Gasteiger partial charge in [-0.15, -0.1) is 0 Å². The highest BCUT2D eigenvalue weighted by Crippen LogP contribution is 2.55. The van der Waals surface area contributed by atoms with Gasteiger partial charge in [-0.05, 0) is 38.0 Å². The van der Waals surface area contributed by atoms with E-state index in [0.717, 1.165) is 19.4 Å². The maximum atomic E-state index is 6.27. The van der Waals surface area contributed by atoms with Gasteiger partial charge in [-0.2, -0.15) is 0 Å². The molecule has 0 N–H and O–H groups in total. The van der Waals surface area contributed by atoms with Gasteiger partial charge in [0, 0.05) is 0 Å². The van der Waals surface area contributed by atoms with E-state index in [1.54, 1.807) is 0 Å². The Kier molecular flexibility index (Phi) is 2.49. The third-order valence-corrected chi connectivity index (χ3v) is 5.63. The van der Waals surface area contributed by atoms with Crippen molar-refractivity contribution in [3.05, 3.63) is 0 Å². The molecule has 108 valence electrons. The fourth-order valence-electron chi connectivity index (χ4n) is 4.68. The molecular weight excluding hydrogens is 240 g/mol. The quantitative estimate of drug-likeness (QED) is 0.736. The molecule has 5 atom stereocenters. The molecule has 4 fully saturated rings. The van der Waals surface area contributed by atoms with Gasteiger partial charge >= 0.3 is 0 Å². The minimum atomic E-state index is 0.0838. The van der Waals surface area contributed by atoms with Crippen LogP contribution in [0.2, 0.25) is 0 Å². The first-order valence-corrected chi connectivity index (χ1v) is 7.90. The summed E-state index contributed by atoms with van der Waals surface area (Å²) in [6.45, 7) is 7.70. The fraction of sp³-hybridized carbons (Fsp3) is 1.00.